The van der Waals surface area contributed by atoms with Crippen LogP contribution in [0.2, 0.25) is 0 Å². The average Bonchev–Trinajstić information content (AvgIpc) is 2.60. The van der Waals surface area contributed by atoms with Gasteiger partial charge in [-0.15, -0.1) is 0 Å². The quantitative estimate of drug-likeness (QED) is 0.477. The number of carboxylic acids is 3. The largest absolute Gasteiger partial charge is 0.480 e. The Bertz CT molecular complexity index is 545. The first kappa shape index (κ1) is 25.3. The lowest BCUT2D eigenvalue weighted by molar-refractivity contribution is -0.141. The molecule has 0 bridgehead atoms. The van der Waals surface area contributed by atoms with Gasteiger partial charge in [-0.2, -0.15) is 0 Å². The molecule has 10 nitrogen and oxygen atoms in total. The van der Waals surface area contributed by atoms with Gasteiger partial charge in [0.05, 0.1) is 19.6 Å². The van der Waals surface area contributed by atoms with Crippen LogP contribution in [0.25, 0.3) is 0 Å². The molecule has 0 saturated carbocycles. The zero-order valence-corrected chi connectivity index (χ0v) is 17.8. The Morgan fingerprint density at radius 1 is 0.759 bits per heavy atom. The summed E-state index contributed by atoms with van der Waals surface area (Å²) in [5, 5.41) is 27.9. The summed E-state index contributed by atoms with van der Waals surface area (Å²) >= 11 is 0. The molecule has 29 heavy (non-hydrogen) atoms. The van der Waals surface area contributed by atoms with E-state index < -0.39 is 17.9 Å². The van der Waals surface area contributed by atoms with E-state index in [2.05, 4.69) is 4.90 Å². The summed E-state index contributed by atoms with van der Waals surface area (Å²) in [6, 6.07) is -0.114. The number of nitrogens with zero attached hydrogens (tertiary/aromatic N) is 4. The molecule has 1 aliphatic rings. The van der Waals surface area contributed by atoms with E-state index in [0.717, 1.165) is 6.54 Å². The monoisotopic (exact) mass is 416 g/mol. The van der Waals surface area contributed by atoms with Crippen LogP contribution in [0.15, 0.2) is 0 Å². The van der Waals surface area contributed by atoms with Crippen LogP contribution in [-0.2, 0) is 14.4 Å². The van der Waals surface area contributed by atoms with Crippen molar-refractivity contribution >= 4 is 17.9 Å². The lowest BCUT2D eigenvalue weighted by Crippen LogP contribution is -2.54. The summed E-state index contributed by atoms with van der Waals surface area (Å²) in [7, 11) is 0. The van der Waals surface area contributed by atoms with Crippen LogP contribution in [0, 0.1) is 5.92 Å². The van der Waals surface area contributed by atoms with Crippen molar-refractivity contribution in [2.45, 2.75) is 26.8 Å². The molecule has 0 aromatic rings. The molecule has 1 fully saturated rings. The third kappa shape index (κ3) is 10.0. The summed E-state index contributed by atoms with van der Waals surface area (Å²) < 4.78 is 0. The number of carbonyl (C=O) groups is 3. The second-order valence-electron chi connectivity index (χ2n) is 7.91. The second kappa shape index (κ2) is 12.7. The van der Waals surface area contributed by atoms with Gasteiger partial charge in [0.1, 0.15) is 0 Å². The Labute approximate surface area is 172 Å². The predicted molar refractivity (Wildman–Crippen MR) is 108 cm³/mol. The summed E-state index contributed by atoms with van der Waals surface area (Å²) in [4.78, 5) is 41.8. The number of carboxylic acid groups (broad SMARTS) is 3. The molecule has 1 unspecified atom stereocenters. The smallest absolute Gasteiger partial charge is 0.317 e. The first-order chi connectivity index (χ1) is 13.6. The van der Waals surface area contributed by atoms with Gasteiger partial charge in [-0.25, -0.2) is 0 Å². The molecule has 0 spiro atoms. The van der Waals surface area contributed by atoms with Gasteiger partial charge >= 0.3 is 17.9 Å². The number of rotatable bonds is 8. The molecule has 0 aromatic carbocycles. The highest BCUT2D eigenvalue weighted by Gasteiger charge is 2.28. The van der Waals surface area contributed by atoms with Crippen molar-refractivity contribution in [2.24, 2.45) is 5.92 Å². The number of likely N-dealkylation sites (N-methyl/N-ethyl adjacent to an activating group) is 1. The minimum atomic E-state index is -0.952. The van der Waals surface area contributed by atoms with Crippen LogP contribution in [-0.4, -0.2) is 131 Å². The zero-order valence-electron chi connectivity index (χ0n) is 17.8. The molecule has 0 aliphatic carbocycles. The van der Waals surface area contributed by atoms with Gasteiger partial charge in [0.15, 0.2) is 0 Å². The number of hydrogen-bond acceptors (Lipinski definition) is 7. The first-order valence-electron chi connectivity index (χ1n) is 10.2. The molecule has 10 heteroatoms. The highest BCUT2D eigenvalue weighted by Crippen LogP contribution is 2.14. The van der Waals surface area contributed by atoms with E-state index in [-0.39, 0.29) is 31.6 Å². The van der Waals surface area contributed by atoms with Gasteiger partial charge < -0.3 is 20.2 Å². The van der Waals surface area contributed by atoms with Crippen molar-refractivity contribution in [3.05, 3.63) is 0 Å². The number of hydrogen-bond donors (Lipinski definition) is 3. The van der Waals surface area contributed by atoms with Crippen molar-refractivity contribution < 1.29 is 29.7 Å². The van der Waals surface area contributed by atoms with Crippen LogP contribution in [0.4, 0.5) is 0 Å². The fourth-order valence-corrected chi connectivity index (χ4v) is 3.70. The van der Waals surface area contributed by atoms with Crippen molar-refractivity contribution in [3.63, 3.8) is 0 Å². The maximum absolute atomic E-state index is 11.4. The SMILES string of the molecule is CCN1CCN(CC(=O)O)CCN(CC(=O)O)CC(C(C)C)N(CC(=O)O)CC1. The van der Waals surface area contributed by atoms with Crippen LogP contribution in [0.1, 0.15) is 20.8 Å². The van der Waals surface area contributed by atoms with E-state index in [9.17, 15) is 29.7 Å². The normalized spacial score (nSPS) is 22.1. The van der Waals surface area contributed by atoms with Gasteiger partial charge in [0.2, 0.25) is 0 Å². The van der Waals surface area contributed by atoms with Crippen molar-refractivity contribution in [1.29, 1.82) is 0 Å². The molecule has 1 aliphatic heterocycles. The van der Waals surface area contributed by atoms with Gasteiger partial charge in [-0.3, -0.25) is 29.1 Å². The Morgan fingerprint density at radius 2 is 1.21 bits per heavy atom. The maximum atomic E-state index is 11.4. The van der Waals surface area contributed by atoms with Crippen LogP contribution in [0.3, 0.4) is 0 Å². The van der Waals surface area contributed by atoms with Crippen LogP contribution in [0.5, 0.6) is 0 Å². The van der Waals surface area contributed by atoms with Gasteiger partial charge in [-0.05, 0) is 12.5 Å². The lowest BCUT2D eigenvalue weighted by Gasteiger charge is -2.39. The van der Waals surface area contributed by atoms with Crippen LogP contribution < -0.4 is 0 Å². The van der Waals surface area contributed by atoms with Crippen molar-refractivity contribution in [2.75, 3.05) is 72.0 Å². The zero-order chi connectivity index (χ0) is 22.0. The summed E-state index contributed by atoms with van der Waals surface area (Å²) in [5.41, 5.74) is 0. The van der Waals surface area contributed by atoms with Crippen LogP contribution >= 0.6 is 0 Å². The topological polar surface area (TPSA) is 125 Å². The average molecular weight is 417 g/mol. The fourth-order valence-electron chi connectivity index (χ4n) is 3.70. The maximum Gasteiger partial charge on any atom is 0.317 e. The van der Waals surface area contributed by atoms with E-state index in [4.69, 9.17) is 0 Å². The molecular weight excluding hydrogens is 380 g/mol. The Morgan fingerprint density at radius 3 is 1.69 bits per heavy atom. The van der Waals surface area contributed by atoms with E-state index in [1.165, 1.54) is 0 Å². The second-order valence-corrected chi connectivity index (χ2v) is 7.91. The minimum absolute atomic E-state index is 0.0861. The molecule has 1 atom stereocenters. The molecule has 3 N–H and O–H groups in total. The minimum Gasteiger partial charge on any atom is -0.480 e. The Kier molecular flexibility index (Phi) is 11.1. The molecule has 1 saturated heterocycles. The fraction of sp³-hybridized carbons (Fsp3) is 0.842. The Balaban J connectivity index is 3.10. The van der Waals surface area contributed by atoms with E-state index in [0.29, 0.717) is 45.8 Å². The molecular formula is C19H36N4O6. The third-order valence-electron chi connectivity index (χ3n) is 5.36. The number of aliphatic carboxylic acids is 3. The highest BCUT2D eigenvalue weighted by molar-refractivity contribution is 5.70. The summed E-state index contributed by atoms with van der Waals surface area (Å²) in [6.07, 6.45) is 0. The van der Waals surface area contributed by atoms with E-state index >= 15 is 0 Å². The van der Waals surface area contributed by atoms with E-state index in [1.54, 1.807) is 4.90 Å². The van der Waals surface area contributed by atoms with Gasteiger partial charge in [0, 0.05) is 51.9 Å². The lowest BCUT2D eigenvalue weighted by atomic mass is 10.0. The predicted octanol–water partition coefficient (Wildman–Crippen LogP) is -0.494. The molecule has 1 heterocycles. The molecule has 1 rings (SSSR count). The molecule has 0 aromatic heterocycles. The summed E-state index contributed by atoms with van der Waals surface area (Å²) in [5.74, 6) is -2.62. The van der Waals surface area contributed by atoms with Crippen molar-refractivity contribution in [3.8, 4) is 0 Å². The van der Waals surface area contributed by atoms with E-state index in [1.807, 2.05) is 30.6 Å². The van der Waals surface area contributed by atoms with Gasteiger partial charge in [-0.1, -0.05) is 20.8 Å². The van der Waals surface area contributed by atoms with Gasteiger partial charge in [0.25, 0.3) is 0 Å². The molecule has 0 amide bonds. The first-order valence-corrected chi connectivity index (χ1v) is 10.2. The highest BCUT2D eigenvalue weighted by atomic mass is 16.4. The van der Waals surface area contributed by atoms with Crippen molar-refractivity contribution in [1.82, 2.24) is 19.6 Å². The Hall–Kier alpha value is -1.75. The molecule has 0 radical (unpaired) electrons. The third-order valence-corrected chi connectivity index (χ3v) is 5.36. The molecule has 168 valence electrons. The summed E-state index contributed by atoms with van der Waals surface area (Å²) in [6.45, 7) is 10.3. The standard InChI is InChI=1S/C19H36N4O6/c1-4-20-5-6-21(12-17(24)25)7-8-22(13-18(26)27)11-16(15(2)3)23(10-9-20)14-19(28)29/h15-16H,4-14H2,1-3H3,(H,24,25)(H,26,27)(H,28,29).